The molecule has 1 aliphatic heterocycles. The first-order valence-corrected chi connectivity index (χ1v) is 9.02. The van der Waals surface area contributed by atoms with Gasteiger partial charge in [-0.05, 0) is 68.1 Å². The van der Waals surface area contributed by atoms with E-state index in [1.54, 1.807) is 0 Å². The van der Waals surface area contributed by atoms with Crippen molar-refractivity contribution in [3.8, 4) is 0 Å². The lowest BCUT2D eigenvalue weighted by Crippen LogP contribution is -2.21. The quantitative estimate of drug-likeness (QED) is 0.808. The largest absolute Gasteiger partial charge is 0.392 e. The van der Waals surface area contributed by atoms with E-state index in [9.17, 15) is 5.11 Å². The highest BCUT2D eigenvalue weighted by Gasteiger charge is 2.11. The van der Waals surface area contributed by atoms with Gasteiger partial charge in [-0.1, -0.05) is 36.4 Å². The summed E-state index contributed by atoms with van der Waals surface area (Å²) in [5, 5.41) is 12.9. The van der Waals surface area contributed by atoms with Gasteiger partial charge in [0.25, 0.3) is 0 Å². The summed E-state index contributed by atoms with van der Waals surface area (Å²) in [6.45, 7) is 5.93. The molecule has 24 heavy (non-hydrogen) atoms. The summed E-state index contributed by atoms with van der Waals surface area (Å²) in [6.07, 6.45) is 3.82. The van der Waals surface area contributed by atoms with E-state index in [-0.39, 0.29) is 12.6 Å². The van der Waals surface area contributed by atoms with Gasteiger partial charge < -0.3 is 15.3 Å². The van der Waals surface area contributed by atoms with Crippen LogP contribution in [-0.2, 0) is 13.0 Å². The van der Waals surface area contributed by atoms with E-state index in [2.05, 4.69) is 53.5 Å². The molecular weight excluding hydrogens is 296 g/mol. The van der Waals surface area contributed by atoms with Crippen LogP contribution in [0.3, 0.4) is 0 Å². The first kappa shape index (κ1) is 17.0. The average Bonchev–Trinajstić information content (AvgIpc) is 3.14. The second kappa shape index (κ2) is 8.32. The molecule has 0 saturated carbocycles. The van der Waals surface area contributed by atoms with Crippen molar-refractivity contribution in [1.29, 1.82) is 0 Å². The Balaban J connectivity index is 1.60. The van der Waals surface area contributed by atoms with Gasteiger partial charge in [0.05, 0.1) is 6.61 Å². The number of rotatable bonds is 7. The van der Waals surface area contributed by atoms with Crippen LogP contribution in [0.15, 0.2) is 48.5 Å². The third-order valence-electron chi connectivity index (χ3n) is 4.86. The van der Waals surface area contributed by atoms with Crippen LogP contribution in [0.25, 0.3) is 0 Å². The molecule has 0 aliphatic carbocycles. The van der Waals surface area contributed by atoms with Crippen LogP contribution in [0.1, 0.15) is 42.5 Å². The van der Waals surface area contributed by atoms with Gasteiger partial charge in [-0.2, -0.15) is 0 Å². The molecule has 3 heteroatoms. The van der Waals surface area contributed by atoms with E-state index < -0.39 is 0 Å². The lowest BCUT2D eigenvalue weighted by molar-refractivity contribution is 0.281. The zero-order valence-corrected chi connectivity index (χ0v) is 14.5. The molecule has 0 aromatic heterocycles. The van der Waals surface area contributed by atoms with Crippen LogP contribution in [0.2, 0.25) is 0 Å². The molecule has 0 amide bonds. The first-order valence-electron chi connectivity index (χ1n) is 9.02. The number of aliphatic hydroxyl groups excluding tert-OH is 1. The molecule has 3 nitrogen and oxygen atoms in total. The van der Waals surface area contributed by atoms with Crippen LogP contribution in [0.4, 0.5) is 5.69 Å². The van der Waals surface area contributed by atoms with E-state index in [0.29, 0.717) is 0 Å². The second-order valence-corrected chi connectivity index (χ2v) is 6.77. The lowest BCUT2D eigenvalue weighted by Gasteiger charge is -2.18. The Labute approximate surface area is 145 Å². The molecule has 0 radical (unpaired) electrons. The van der Waals surface area contributed by atoms with Gasteiger partial charge >= 0.3 is 0 Å². The van der Waals surface area contributed by atoms with Gasteiger partial charge in [0.2, 0.25) is 0 Å². The number of hydrogen-bond donors (Lipinski definition) is 2. The molecule has 1 saturated heterocycles. The molecule has 1 heterocycles. The van der Waals surface area contributed by atoms with E-state index in [0.717, 1.165) is 24.2 Å². The number of aliphatic hydroxyl groups is 1. The molecule has 2 aromatic carbocycles. The Hall–Kier alpha value is -1.84. The topological polar surface area (TPSA) is 35.5 Å². The highest BCUT2D eigenvalue weighted by atomic mass is 16.3. The molecule has 2 N–H and O–H groups in total. The highest BCUT2D eigenvalue weighted by molar-refractivity contribution is 5.48. The molecule has 1 atom stereocenters. The number of anilines is 1. The Morgan fingerprint density at radius 3 is 2.58 bits per heavy atom. The molecule has 0 spiro atoms. The Morgan fingerprint density at radius 1 is 1.04 bits per heavy atom. The summed E-state index contributed by atoms with van der Waals surface area (Å²) in [4.78, 5) is 2.56. The van der Waals surface area contributed by atoms with E-state index in [1.807, 2.05) is 12.1 Å². The SMILES string of the molecule is CC(Nc1cccc(CCN2CCCC2)c1)c1cccc(CO)c1. The number of hydrogen-bond acceptors (Lipinski definition) is 3. The van der Waals surface area contributed by atoms with Gasteiger partial charge in [0.15, 0.2) is 0 Å². The maximum Gasteiger partial charge on any atom is 0.0681 e. The minimum atomic E-state index is 0.0898. The van der Waals surface area contributed by atoms with Crippen LogP contribution in [-0.4, -0.2) is 29.6 Å². The summed E-state index contributed by atoms with van der Waals surface area (Å²) in [5.41, 5.74) is 4.71. The van der Waals surface area contributed by atoms with Crippen LogP contribution in [0.5, 0.6) is 0 Å². The molecule has 2 aromatic rings. The van der Waals surface area contributed by atoms with Crippen molar-refractivity contribution in [2.75, 3.05) is 25.0 Å². The minimum Gasteiger partial charge on any atom is -0.392 e. The van der Waals surface area contributed by atoms with Gasteiger partial charge in [-0.25, -0.2) is 0 Å². The summed E-state index contributed by atoms with van der Waals surface area (Å²) in [6, 6.07) is 17.1. The van der Waals surface area contributed by atoms with Crippen molar-refractivity contribution in [2.24, 2.45) is 0 Å². The smallest absolute Gasteiger partial charge is 0.0681 e. The monoisotopic (exact) mass is 324 g/mol. The molecule has 1 aliphatic rings. The van der Waals surface area contributed by atoms with E-state index in [1.165, 1.54) is 37.1 Å². The zero-order valence-electron chi connectivity index (χ0n) is 14.5. The average molecular weight is 324 g/mol. The minimum absolute atomic E-state index is 0.0898. The van der Waals surface area contributed by atoms with Gasteiger partial charge in [-0.15, -0.1) is 0 Å². The van der Waals surface area contributed by atoms with Crippen molar-refractivity contribution in [2.45, 2.75) is 38.8 Å². The van der Waals surface area contributed by atoms with Crippen molar-refractivity contribution in [3.63, 3.8) is 0 Å². The standard InChI is InChI=1S/C21H28N2O/c1-17(20-8-4-7-19(14-20)16-24)22-21-9-5-6-18(15-21)10-13-23-11-2-3-12-23/h4-9,14-15,17,22,24H,2-3,10-13,16H2,1H3. The zero-order chi connectivity index (χ0) is 16.8. The third kappa shape index (κ3) is 4.59. The molecule has 1 unspecified atom stereocenters. The summed E-state index contributed by atoms with van der Waals surface area (Å²) in [7, 11) is 0. The fourth-order valence-corrected chi connectivity index (χ4v) is 3.40. The van der Waals surface area contributed by atoms with E-state index >= 15 is 0 Å². The molecular formula is C21H28N2O. The number of benzene rings is 2. The third-order valence-corrected chi connectivity index (χ3v) is 4.86. The van der Waals surface area contributed by atoms with Crippen molar-refractivity contribution in [3.05, 3.63) is 65.2 Å². The Morgan fingerprint density at radius 2 is 1.79 bits per heavy atom. The maximum atomic E-state index is 9.29. The number of nitrogens with zero attached hydrogens (tertiary/aromatic N) is 1. The molecule has 1 fully saturated rings. The lowest BCUT2D eigenvalue weighted by atomic mass is 10.0. The number of likely N-dealkylation sites (tertiary alicyclic amines) is 1. The van der Waals surface area contributed by atoms with E-state index in [4.69, 9.17) is 0 Å². The van der Waals surface area contributed by atoms with Crippen LogP contribution >= 0.6 is 0 Å². The first-order chi connectivity index (χ1) is 11.7. The van der Waals surface area contributed by atoms with Crippen molar-refractivity contribution < 1.29 is 5.11 Å². The summed E-state index contributed by atoms with van der Waals surface area (Å²) in [5.74, 6) is 0. The molecule has 0 bridgehead atoms. The van der Waals surface area contributed by atoms with Gasteiger partial charge in [0.1, 0.15) is 0 Å². The van der Waals surface area contributed by atoms with Gasteiger partial charge in [0, 0.05) is 18.3 Å². The maximum absolute atomic E-state index is 9.29. The number of nitrogens with one attached hydrogen (secondary N) is 1. The molecule has 128 valence electrons. The summed E-state index contributed by atoms with van der Waals surface area (Å²) < 4.78 is 0. The molecule has 3 rings (SSSR count). The predicted molar refractivity (Wildman–Crippen MR) is 100 cm³/mol. The normalized spacial score (nSPS) is 16.2. The van der Waals surface area contributed by atoms with Crippen molar-refractivity contribution >= 4 is 5.69 Å². The fourth-order valence-electron chi connectivity index (χ4n) is 3.40. The van der Waals surface area contributed by atoms with Crippen LogP contribution < -0.4 is 5.32 Å². The highest BCUT2D eigenvalue weighted by Crippen LogP contribution is 2.21. The van der Waals surface area contributed by atoms with Crippen LogP contribution in [0, 0.1) is 0 Å². The summed E-state index contributed by atoms with van der Waals surface area (Å²) >= 11 is 0. The fraction of sp³-hybridized carbons (Fsp3) is 0.429. The Kier molecular flexibility index (Phi) is 5.89. The van der Waals surface area contributed by atoms with Gasteiger partial charge in [-0.3, -0.25) is 0 Å². The van der Waals surface area contributed by atoms with Crippen molar-refractivity contribution in [1.82, 2.24) is 4.90 Å². The predicted octanol–water partition coefficient (Wildman–Crippen LogP) is 3.99. The Bertz CT molecular complexity index is 650. The second-order valence-electron chi connectivity index (χ2n) is 6.77.